The Morgan fingerprint density at radius 3 is 1.21 bits per heavy atom. The van der Waals surface area contributed by atoms with Crippen LogP contribution in [-0.2, 0) is 0 Å². The van der Waals surface area contributed by atoms with Crippen LogP contribution in [0, 0.1) is 0 Å². The lowest BCUT2D eigenvalue weighted by Gasteiger charge is -2.21. The van der Waals surface area contributed by atoms with Crippen LogP contribution >= 0.6 is 0 Å². The monoisotopic (exact) mass is 729 g/mol. The van der Waals surface area contributed by atoms with Crippen LogP contribution in [0.5, 0.6) is 0 Å². The number of hydrogen-bond acceptors (Lipinski definition) is 4. The van der Waals surface area contributed by atoms with Crippen molar-refractivity contribution in [2.75, 3.05) is 0 Å². The minimum atomic E-state index is 0.607. The number of nitrogens with zero attached hydrogens (tertiary/aromatic N) is 3. The fraction of sp³-hybridized carbons (Fsp3) is 0. The van der Waals surface area contributed by atoms with Crippen molar-refractivity contribution in [3.05, 3.63) is 212 Å². The molecule has 0 N–H and O–H groups in total. The van der Waals surface area contributed by atoms with Crippen molar-refractivity contribution in [1.82, 2.24) is 15.0 Å². The van der Waals surface area contributed by atoms with Gasteiger partial charge in [0.25, 0.3) is 0 Å². The SMILES string of the molecule is c1ccc(-c2cc(-c3ccc(-c4c(-c5ccccc5)ccc(-c5ccccc5)c4-c4ccc(-c5nc6ccccc6o5)cc4)cc3)nc(-c3ccccc3)n2)cc1. The summed E-state index contributed by atoms with van der Waals surface area (Å²) in [6, 6.07) is 73.7. The predicted molar refractivity (Wildman–Crippen MR) is 233 cm³/mol. The normalized spacial score (nSPS) is 11.2. The van der Waals surface area contributed by atoms with Crippen molar-refractivity contribution in [3.8, 4) is 89.9 Å². The summed E-state index contributed by atoms with van der Waals surface area (Å²) < 4.78 is 6.16. The number of benzene rings is 8. The maximum Gasteiger partial charge on any atom is 0.227 e. The van der Waals surface area contributed by atoms with Gasteiger partial charge < -0.3 is 4.42 Å². The zero-order valence-corrected chi connectivity index (χ0v) is 31.0. The molecular formula is C53H35N3O. The van der Waals surface area contributed by atoms with E-state index in [1.807, 2.05) is 60.7 Å². The highest BCUT2D eigenvalue weighted by Crippen LogP contribution is 2.46. The van der Waals surface area contributed by atoms with Gasteiger partial charge in [-0.25, -0.2) is 15.0 Å². The van der Waals surface area contributed by atoms with Crippen LogP contribution in [-0.4, -0.2) is 15.0 Å². The van der Waals surface area contributed by atoms with Gasteiger partial charge in [-0.1, -0.05) is 182 Å². The summed E-state index contributed by atoms with van der Waals surface area (Å²) in [5, 5.41) is 0. The minimum absolute atomic E-state index is 0.607. The summed E-state index contributed by atoms with van der Waals surface area (Å²) >= 11 is 0. The second kappa shape index (κ2) is 14.9. The van der Waals surface area contributed by atoms with Gasteiger partial charge in [0.1, 0.15) is 5.52 Å². The Balaban J connectivity index is 1.14. The number of oxazole rings is 1. The molecule has 0 bridgehead atoms. The molecule has 2 heterocycles. The number of aromatic nitrogens is 3. The number of fused-ring (bicyclic) bond motifs is 1. The van der Waals surface area contributed by atoms with Gasteiger partial charge in [-0.2, -0.15) is 0 Å². The average molecular weight is 730 g/mol. The van der Waals surface area contributed by atoms with E-state index in [0.717, 1.165) is 89.2 Å². The Bertz CT molecular complexity index is 2870. The molecule has 0 saturated heterocycles. The van der Waals surface area contributed by atoms with Crippen molar-refractivity contribution >= 4 is 11.1 Å². The number of rotatable bonds is 8. The molecule has 4 nitrogen and oxygen atoms in total. The van der Waals surface area contributed by atoms with Gasteiger partial charge in [0.05, 0.1) is 11.4 Å². The predicted octanol–water partition coefficient (Wildman–Crippen LogP) is 14.0. The van der Waals surface area contributed by atoms with Crippen LogP contribution in [0.4, 0.5) is 0 Å². The number of para-hydroxylation sites is 2. The summed E-state index contributed by atoms with van der Waals surface area (Å²) in [6.45, 7) is 0. The van der Waals surface area contributed by atoms with E-state index in [9.17, 15) is 0 Å². The fourth-order valence-electron chi connectivity index (χ4n) is 7.57. The van der Waals surface area contributed by atoms with Crippen molar-refractivity contribution < 1.29 is 4.42 Å². The van der Waals surface area contributed by atoms with Crippen LogP contribution < -0.4 is 0 Å². The third kappa shape index (κ3) is 6.70. The van der Waals surface area contributed by atoms with Crippen LogP contribution in [0.15, 0.2) is 217 Å². The molecule has 0 aliphatic carbocycles. The summed E-state index contributed by atoms with van der Waals surface area (Å²) in [6.07, 6.45) is 0. The van der Waals surface area contributed by atoms with E-state index < -0.39 is 0 Å². The van der Waals surface area contributed by atoms with Crippen molar-refractivity contribution in [2.24, 2.45) is 0 Å². The first-order valence-corrected chi connectivity index (χ1v) is 19.1. The Morgan fingerprint density at radius 2 is 0.702 bits per heavy atom. The maximum atomic E-state index is 6.16. The van der Waals surface area contributed by atoms with Gasteiger partial charge in [-0.05, 0) is 74.8 Å². The third-order valence-corrected chi connectivity index (χ3v) is 10.4. The van der Waals surface area contributed by atoms with Crippen molar-refractivity contribution in [3.63, 3.8) is 0 Å². The van der Waals surface area contributed by atoms with Gasteiger partial charge in [-0.3, -0.25) is 0 Å². The number of hydrogen-bond donors (Lipinski definition) is 0. The molecule has 10 aromatic rings. The van der Waals surface area contributed by atoms with E-state index in [-0.39, 0.29) is 0 Å². The van der Waals surface area contributed by atoms with Crippen LogP contribution in [0.1, 0.15) is 0 Å². The maximum absolute atomic E-state index is 6.16. The van der Waals surface area contributed by atoms with E-state index in [1.54, 1.807) is 0 Å². The van der Waals surface area contributed by atoms with E-state index in [2.05, 4.69) is 152 Å². The Morgan fingerprint density at radius 1 is 0.298 bits per heavy atom. The molecule has 0 amide bonds. The molecule has 4 heteroatoms. The first kappa shape index (κ1) is 33.8. The molecule has 268 valence electrons. The fourth-order valence-corrected chi connectivity index (χ4v) is 7.57. The largest absolute Gasteiger partial charge is 0.436 e. The molecule has 0 atom stereocenters. The molecule has 2 aromatic heterocycles. The lowest BCUT2D eigenvalue weighted by atomic mass is 9.82. The lowest BCUT2D eigenvalue weighted by Crippen LogP contribution is -1.96. The van der Waals surface area contributed by atoms with E-state index in [1.165, 1.54) is 0 Å². The highest BCUT2D eigenvalue weighted by molar-refractivity contribution is 6.02. The smallest absolute Gasteiger partial charge is 0.227 e. The standard InChI is InChI=1S/C53H35N3O/c1-5-15-36(16-6-1)44-33-34-45(37-17-7-2-8-18-37)51(41-29-31-43(32-30-41)53-56-46-23-13-14-24-49(46)57-53)50(44)40-27-25-39(26-28-40)48-35-47(38-19-9-3-10-20-38)54-52(55-48)42-21-11-4-12-22-42/h1-35H. The Labute approximate surface area is 331 Å². The average Bonchev–Trinajstić information content (AvgIpc) is 3.74. The zero-order chi connectivity index (χ0) is 38.0. The first-order valence-electron chi connectivity index (χ1n) is 19.1. The molecule has 0 saturated carbocycles. The van der Waals surface area contributed by atoms with Gasteiger partial charge in [-0.15, -0.1) is 0 Å². The molecule has 10 rings (SSSR count). The van der Waals surface area contributed by atoms with E-state index in [4.69, 9.17) is 19.4 Å². The molecule has 0 radical (unpaired) electrons. The summed E-state index contributed by atoms with van der Waals surface area (Å²) in [5.41, 5.74) is 16.5. The van der Waals surface area contributed by atoms with Crippen LogP contribution in [0.2, 0.25) is 0 Å². The first-order chi connectivity index (χ1) is 28.2. The summed E-state index contributed by atoms with van der Waals surface area (Å²) in [5.74, 6) is 1.30. The van der Waals surface area contributed by atoms with Crippen molar-refractivity contribution in [1.29, 1.82) is 0 Å². The van der Waals surface area contributed by atoms with Gasteiger partial charge in [0, 0.05) is 22.3 Å². The zero-order valence-electron chi connectivity index (χ0n) is 31.0. The second-order valence-corrected chi connectivity index (χ2v) is 14.0. The molecule has 0 unspecified atom stereocenters. The molecule has 0 fully saturated rings. The Hall–Kier alpha value is -7.69. The summed E-state index contributed by atoms with van der Waals surface area (Å²) in [4.78, 5) is 14.9. The second-order valence-electron chi connectivity index (χ2n) is 14.0. The van der Waals surface area contributed by atoms with Crippen LogP contribution in [0.25, 0.3) is 101 Å². The van der Waals surface area contributed by atoms with E-state index in [0.29, 0.717) is 11.7 Å². The van der Waals surface area contributed by atoms with Gasteiger partial charge in [0.15, 0.2) is 11.4 Å². The molecular weight excluding hydrogens is 695 g/mol. The summed E-state index contributed by atoms with van der Waals surface area (Å²) in [7, 11) is 0. The quantitative estimate of drug-likeness (QED) is 0.156. The molecule has 8 aromatic carbocycles. The van der Waals surface area contributed by atoms with Gasteiger partial charge >= 0.3 is 0 Å². The molecule has 0 aliphatic heterocycles. The molecule has 0 aliphatic rings. The van der Waals surface area contributed by atoms with Crippen molar-refractivity contribution in [2.45, 2.75) is 0 Å². The van der Waals surface area contributed by atoms with Crippen LogP contribution in [0.3, 0.4) is 0 Å². The molecule has 0 spiro atoms. The third-order valence-electron chi connectivity index (χ3n) is 10.4. The lowest BCUT2D eigenvalue weighted by molar-refractivity contribution is 0.620. The van der Waals surface area contributed by atoms with E-state index >= 15 is 0 Å². The highest BCUT2D eigenvalue weighted by atomic mass is 16.3. The minimum Gasteiger partial charge on any atom is -0.436 e. The topological polar surface area (TPSA) is 51.8 Å². The highest BCUT2D eigenvalue weighted by Gasteiger charge is 2.20. The Kier molecular flexibility index (Phi) is 8.82. The van der Waals surface area contributed by atoms with Gasteiger partial charge in [0.2, 0.25) is 5.89 Å². The molecule has 57 heavy (non-hydrogen) atoms.